The van der Waals surface area contributed by atoms with Crippen LogP contribution in [0.15, 0.2) is 78.2 Å². The molecule has 0 spiro atoms. The highest BCUT2D eigenvalue weighted by Gasteiger charge is 2.10. The van der Waals surface area contributed by atoms with Crippen molar-refractivity contribution >= 4 is 17.6 Å². The molecule has 0 amide bonds. The highest BCUT2D eigenvalue weighted by molar-refractivity contribution is 8.01. The monoisotopic (exact) mass is 447 g/mol. The summed E-state index contributed by atoms with van der Waals surface area (Å²) < 4.78 is 10.7. The van der Waals surface area contributed by atoms with Crippen molar-refractivity contribution in [3.8, 4) is 17.0 Å². The summed E-state index contributed by atoms with van der Waals surface area (Å²) in [7, 11) is 0. The molecule has 4 aromatic rings. The molecule has 0 fully saturated rings. The van der Waals surface area contributed by atoms with E-state index in [1.807, 2.05) is 71.2 Å². The topological polar surface area (TPSA) is 84.6 Å². The Labute approximate surface area is 191 Å². The molecule has 0 bridgehead atoms. The van der Waals surface area contributed by atoms with Crippen molar-refractivity contribution < 1.29 is 9.84 Å². The third-order valence-corrected chi connectivity index (χ3v) is 5.53. The van der Waals surface area contributed by atoms with Gasteiger partial charge in [0.2, 0.25) is 0 Å². The van der Waals surface area contributed by atoms with Crippen molar-refractivity contribution in [2.24, 2.45) is 0 Å². The third kappa shape index (κ3) is 5.73. The van der Waals surface area contributed by atoms with Gasteiger partial charge in [0.15, 0.2) is 11.5 Å². The minimum Gasteiger partial charge on any atom is -0.494 e. The summed E-state index contributed by atoms with van der Waals surface area (Å²) in [4.78, 5) is 0.702. The van der Waals surface area contributed by atoms with Gasteiger partial charge in [-0.25, -0.2) is 0 Å². The number of aliphatic hydroxyl groups excluding tert-OH is 1. The SMILES string of the molecule is C=C(CO)SNCCCOc1ccc(Cc2nnc3ccc(-c4ccccc4)nn23)cc1. The summed E-state index contributed by atoms with van der Waals surface area (Å²) in [6.07, 6.45) is 1.48. The van der Waals surface area contributed by atoms with Crippen molar-refractivity contribution in [3.63, 3.8) is 0 Å². The van der Waals surface area contributed by atoms with Crippen LogP contribution in [0.5, 0.6) is 5.75 Å². The van der Waals surface area contributed by atoms with Gasteiger partial charge in [-0.3, -0.25) is 4.72 Å². The molecule has 2 aromatic heterocycles. The van der Waals surface area contributed by atoms with Gasteiger partial charge in [0.05, 0.1) is 18.9 Å². The Morgan fingerprint density at radius 1 is 1.03 bits per heavy atom. The van der Waals surface area contributed by atoms with Gasteiger partial charge in [0, 0.05) is 23.4 Å². The van der Waals surface area contributed by atoms with E-state index in [9.17, 15) is 0 Å². The smallest absolute Gasteiger partial charge is 0.177 e. The summed E-state index contributed by atoms with van der Waals surface area (Å²) >= 11 is 1.36. The number of nitrogens with one attached hydrogen (secondary N) is 1. The van der Waals surface area contributed by atoms with Crippen LogP contribution in [0, 0.1) is 0 Å². The van der Waals surface area contributed by atoms with Gasteiger partial charge in [-0.05, 0) is 48.2 Å². The highest BCUT2D eigenvalue weighted by atomic mass is 32.2. The summed E-state index contributed by atoms with van der Waals surface area (Å²) in [6, 6.07) is 22.0. The zero-order chi connectivity index (χ0) is 22.2. The Kier molecular flexibility index (Phi) is 7.50. The molecule has 2 aromatic carbocycles. The number of hydrogen-bond donors (Lipinski definition) is 2. The molecule has 7 nitrogen and oxygen atoms in total. The number of aliphatic hydroxyl groups is 1. The van der Waals surface area contributed by atoms with Gasteiger partial charge in [-0.2, -0.15) is 9.61 Å². The molecule has 0 aliphatic heterocycles. The van der Waals surface area contributed by atoms with Crippen LogP contribution in [0.1, 0.15) is 17.8 Å². The lowest BCUT2D eigenvalue weighted by atomic mass is 10.1. The molecule has 2 heterocycles. The summed E-state index contributed by atoms with van der Waals surface area (Å²) in [5.41, 5.74) is 3.78. The Balaban J connectivity index is 1.34. The Hall–Kier alpha value is -3.20. The van der Waals surface area contributed by atoms with E-state index in [2.05, 4.69) is 21.5 Å². The van der Waals surface area contributed by atoms with E-state index in [-0.39, 0.29) is 6.61 Å². The molecule has 164 valence electrons. The average molecular weight is 448 g/mol. The van der Waals surface area contributed by atoms with Gasteiger partial charge < -0.3 is 9.84 Å². The molecule has 0 unspecified atom stereocenters. The molecule has 32 heavy (non-hydrogen) atoms. The Morgan fingerprint density at radius 2 is 1.84 bits per heavy atom. The minimum absolute atomic E-state index is 0.0185. The number of benzene rings is 2. The second-order valence-electron chi connectivity index (χ2n) is 7.19. The van der Waals surface area contributed by atoms with E-state index < -0.39 is 0 Å². The first-order valence-electron chi connectivity index (χ1n) is 10.4. The lowest BCUT2D eigenvalue weighted by Crippen LogP contribution is -2.10. The second kappa shape index (κ2) is 10.9. The second-order valence-corrected chi connectivity index (χ2v) is 8.26. The molecular weight excluding hydrogens is 422 g/mol. The van der Waals surface area contributed by atoms with Crippen LogP contribution in [-0.2, 0) is 6.42 Å². The fraction of sp³-hybridized carbons (Fsp3) is 0.208. The zero-order valence-electron chi connectivity index (χ0n) is 17.6. The van der Waals surface area contributed by atoms with Crippen molar-refractivity contribution in [3.05, 3.63) is 89.6 Å². The third-order valence-electron chi connectivity index (χ3n) is 4.77. The maximum absolute atomic E-state index is 8.90. The first kappa shape index (κ1) is 22.0. The zero-order valence-corrected chi connectivity index (χ0v) is 18.5. The van der Waals surface area contributed by atoms with Crippen LogP contribution in [-0.4, -0.2) is 44.7 Å². The standard InChI is InChI=1S/C24H25N5O2S/c1-18(17-30)32-25-14-5-15-31-21-10-8-19(9-11-21)16-24-27-26-23-13-12-22(28-29(23)24)20-6-3-2-4-7-20/h2-4,6-13,25,30H,1,5,14-17H2. The van der Waals surface area contributed by atoms with Gasteiger partial charge in [-0.15, -0.1) is 10.2 Å². The highest BCUT2D eigenvalue weighted by Crippen LogP contribution is 2.19. The van der Waals surface area contributed by atoms with Crippen molar-refractivity contribution in [2.45, 2.75) is 12.8 Å². The maximum Gasteiger partial charge on any atom is 0.177 e. The number of rotatable bonds is 11. The van der Waals surface area contributed by atoms with Crippen LogP contribution in [0.3, 0.4) is 0 Å². The summed E-state index contributed by atoms with van der Waals surface area (Å²) in [6.45, 7) is 5.08. The lowest BCUT2D eigenvalue weighted by molar-refractivity contribution is 0.312. The summed E-state index contributed by atoms with van der Waals surface area (Å²) in [5, 5.41) is 22.2. The van der Waals surface area contributed by atoms with Crippen LogP contribution in [0.25, 0.3) is 16.9 Å². The first-order chi connectivity index (χ1) is 15.7. The molecule has 0 saturated heterocycles. The molecule has 4 rings (SSSR count). The van der Waals surface area contributed by atoms with Crippen molar-refractivity contribution in [2.75, 3.05) is 19.8 Å². The fourth-order valence-electron chi connectivity index (χ4n) is 3.11. The molecular formula is C24H25N5O2S. The van der Waals surface area contributed by atoms with E-state index in [0.717, 1.165) is 47.0 Å². The van der Waals surface area contributed by atoms with Crippen LogP contribution in [0.2, 0.25) is 0 Å². The number of hydrogen-bond acceptors (Lipinski definition) is 7. The number of fused-ring (bicyclic) bond motifs is 1. The quantitative estimate of drug-likeness (QED) is 0.266. The number of ether oxygens (including phenoxy) is 1. The molecule has 0 aliphatic carbocycles. The van der Waals surface area contributed by atoms with E-state index in [4.69, 9.17) is 14.9 Å². The minimum atomic E-state index is -0.0185. The van der Waals surface area contributed by atoms with E-state index >= 15 is 0 Å². The molecule has 0 aliphatic rings. The molecule has 8 heteroatoms. The molecule has 0 atom stereocenters. The predicted molar refractivity (Wildman–Crippen MR) is 127 cm³/mol. The van der Waals surface area contributed by atoms with Gasteiger partial charge in [-0.1, -0.05) is 49.0 Å². The van der Waals surface area contributed by atoms with Crippen molar-refractivity contribution in [1.29, 1.82) is 0 Å². The van der Waals surface area contributed by atoms with Crippen LogP contribution < -0.4 is 9.46 Å². The van der Waals surface area contributed by atoms with Crippen LogP contribution in [0.4, 0.5) is 0 Å². The largest absolute Gasteiger partial charge is 0.494 e. The van der Waals surface area contributed by atoms with E-state index in [1.54, 1.807) is 0 Å². The summed E-state index contributed by atoms with van der Waals surface area (Å²) in [5.74, 6) is 1.62. The van der Waals surface area contributed by atoms with Gasteiger partial charge >= 0.3 is 0 Å². The lowest BCUT2D eigenvalue weighted by Gasteiger charge is -2.08. The van der Waals surface area contributed by atoms with Crippen molar-refractivity contribution in [1.82, 2.24) is 24.5 Å². The van der Waals surface area contributed by atoms with E-state index in [0.29, 0.717) is 17.9 Å². The van der Waals surface area contributed by atoms with E-state index in [1.165, 1.54) is 11.9 Å². The predicted octanol–water partition coefficient (Wildman–Crippen LogP) is 3.89. The van der Waals surface area contributed by atoms with Gasteiger partial charge in [0.25, 0.3) is 0 Å². The molecule has 0 radical (unpaired) electrons. The first-order valence-corrected chi connectivity index (χ1v) is 11.2. The maximum atomic E-state index is 8.90. The van der Waals surface area contributed by atoms with Crippen LogP contribution >= 0.6 is 11.9 Å². The fourth-order valence-corrected chi connectivity index (χ4v) is 3.63. The normalized spacial score (nSPS) is 11.0. The Morgan fingerprint density at radius 3 is 2.62 bits per heavy atom. The van der Waals surface area contributed by atoms with Gasteiger partial charge in [0.1, 0.15) is 5.75 Å². The number of nitrogens with zero attached hydrogens (tertiary/aromatic N) is 4. The molecule has 2 N–H and O–H groups in total. The average Bonchev–Trinajstić information content (AvgIpc) is 3.24. The Bertz CT molecular complexity index is 1160. The number of aromatic nitrogens is 4. The molecule has 0 saturated carbocycles.